The molecule has 0 unspecified atom stereocenters. The number of rotatable bonds is 5. The molecule has 0 amide bonds. The number of carbonyl (C=O) groups is 1. The predicted octanol–water partition coefficient (Wildman–Crippen LogP) is 5.36. The van der Waals surface area contributed by atoms with E-state index in [1.165, 1.54) is 27.3 Å². The fraction of sp³-hybridized carbons (Fsp3) is 0.111. The number of aryl methyl sites for hydroxylation is 2. The first kappa shape index (κ1) is 21.1. The Morgan fingerprint density at radius 2 is 1.69 bits per heavy atom. The van der Waals surface area contributed by atoms with Crippen molar-refractivity contribution >= 4 is 11.9 Å². The summed E-state index contributed by atoms with van der Waals surface area (Å²) >= 11 is 0. The van der Waals surface area contributed by atoms with Crippen molar-refractivity contribution in [3.63, 3.8) is 0 Å². The van der Waals surface area contributed by atoms with Crippen molar-refractivity contribution in [3.05, 3.63) is 111 Å². The van der Waals surface area contributed by atoms with Gasteiger partial charge in [0, 0.05) is 17.3 Å². The van der Waals surface area contributed by atoms with Gasteiger partial charge in [-0.1, -0.05) is 30.3 Å². The standard InChI is InChI=1S/C27H24N2O3/c1-17-12-22(13-18(2)19(17)3)25-16-29(27(32)28-25)23-8-5-7-21(15-23)26(31)11-10-20-6-4-9-24(30)14-20/h4-16,30H,1-3H3,(H,28,32). The largest absolute Gasteiger partial charge is 0.508 e. The lowest BCUT2D eigenvalue weighted by atomic mass is 9.99. The fourth-order valence-corrected chi connectivity index (χ4v) is 3.63. The third kappa shape index (κ3) is 4.32. The molecule has 1 aromatic heterocycles. The third-order valence-electron chi connectivity index (χ3n) is 5.66. The summed E-state index contributed by atoms with van der Waals surface area (Å²) in [4.78, 5) is 28.2. The predicted molar refractivity (Wildman–Crippen MR) is 128 cm³/mol. The highest BCUT2D eigenvalue weighted by Crippen LogP contribution is 2.24. The first-order chi connectivity index (χ1) is 15.3. The van der Waals surface area contributed by atoms with Crippen LogP contribution in [0.5, 0.6) is 5.75 Å². The fourth-order valence-electron chi connectivity index (χ4n) is 3.63. The summed E-state index contributed by atoms with van der Waals surface area (Å²) in [6.45, 7) is 6.19. The van der Waals surface area contributed by atoms with E-state index in [-0.39, 0.29) is 17.2 Å². The average Bonchev–Trinajstić information content (AvgIpc) is 3.17. The number of aromatic nitrogens is 2. The van der Waals surface area contributed by atoms with E-state index in [1.54, 1.807) is 60.8 Å². The molecule has 0 atom stereocenters. The summed E-state index contributed by atoms with van der Waals surface area (Å²) in [6, 6.07) is 17.7. The van der Waals surface area contributed by atoms with Gasteiger partial charge in [-0.3, -0.25) is 9.36 Å². The molecule has 5 heteroatoms. The van der Waals surface area contributed by atoms with Crippen LogP contribution in [0.2, 0.25) is 0 Å². The number of aromatic amines is 1. The van der Waals surface area contributed by atoms with Gasteiger partial charge in [-0.15, -0.1) is 0 Å². The molecule has 0 bridgehead atoms. The summed E-state index contributed by atoms with van der Waals surface area (Å²) in [5, 5.41) is 9.56. The number of phenolic OH excluding ortho intramolecular Hbond substituents is 1. The van der Waals surface area contributed by atoms with Crippen molar-refractivity contribution in [2.24, 2.45) is 0 Å². The van der Waals surface area contributed by atoms with Gasteiger partial charge in [0.05, 0.1) is 11.4 Å². The molecule has 4 aromatic rings. The van der Waals surface area contributed by atoms with E-state index in [0.717, 1.165) is 16.8 Å². The zero-order valence-corrected chi connectivity index (χ0v) is 18.2. The second kappa shape index (κ2) is 8.55. The molecular weight excluding hydrogens is 400 g/mol. The highest BCUT2D eigenvalue weighted by Gasteiger charge is 2.11. The molecule has 0 saturated carbocycles. The molecule has 0 saturated heterocycles. The molecule has 0 aliphatic heterocycles. The minimum atomic E-state index is -0.268. The maximum absolute atomic E-state index is 12.7. The second-order valence-electron chi connectivity index (χ2n) is 7.92. The Bertz CT molecular complexity index is 1380. The van der Waals surface area contributed by atoms with Gasteiger partial charge in [0.15, 0.2) is 5.78 Å². The van der Waals surface area contributed by atoms with E-state index < -0.39 is 0 Å². The first-order valence-corrected chi connectivity index (χ1v) is 10.3. The van der Waals surface area contributed by atoms with Gasteiger partial charge in [0.25, 0.3) is 0 Å². The quantitative estimate of drug-likeness (QED) is 0.335. The zero-order chi connectivity index (χ0) is 22.8. The summed E-state index contributed by atoms with van der Waals surface area (Å²) in [6.07, 6.45) is 4.87. The Labute approximate surface area is 186 Å². The molecule has 2 N–H and O–H groups in total. The summed E-state index contributed by atoms with van der Waals surface area (Å²) < 4.78 is 1.51. The number of aromatic hydroxyl groups is 1. The number of phenols is 1. The molecule has 0 fully saturated rings. The van der Waals surface area contributed by atoms with Gasteiger partial charge in [-0.05, 0) is 85.5 Å². The topological polar surface area (TPSA) is 75.1 Å². The molecule has 32 heavy (non-hydrogen) atoms. The van der Waals surface area contributed by atoms with Crippen LogP contribution in [-0.4, -0.2) is 20.4 Å². The van der Waals surface area contributed by atoms with Crippen molar-refractivity contribution in [1.82, 2.24) is 9.55 Å². The van der Waals surface area contributed by atoms with E-state index in [2.05, 4.69) is 37.9 Å². The molecule has 3 aromatic carbocycles. The molecule has 160 valence electrons. The van der Waals surface area contributed by atoms with Crippen LogP contribution in [0.1, 0.15) is 32.6 Å². The number of ketones is 1. The highest BCUT2D eigenvalue weighted by molar-refractivity contribution is 6.07. The van der Waals surface area contributed by atoms with Crippen LogP contribution < -0.4 is 5.69 Å². The van der Waals surface area contributed by atoms with E-state index in [0.29, 0.717) is 11.3 Å². The molecule has 0 radical (unpaired) electrons. The van der Waals surface area contributed by atoms with Crippen molar-refractivity contribution in [1.29, 1.82) is 0 Å². The number of nitrogens with one attached hydrogen (secondary N) is 1. The zero-order valence-electron chi connectivity index (χ0n) is 18.2. The molecule has 4 rings (SSSR count). The van der Waals surface area contributed by atoms with E-state index in [9.17, 15) is 14.7 Å². The van der Waals surface area contributed by atoms with Crippen LogP contribution in [0, 0.1) is 20.8 Å². The number of benzene rings is 3. The smallest absolute Gasteiger partial charge is 0.330 e. The third-order valence-corrected chi connectivity index (χ3v) is 5.66. The van der Waals surface area contributed by atoms with Gasteiger partial charge in [0.1, 0.15) is 5.75 Å². The Morgan fingerprint density at radius 3 is 2.41 bits per heavy atom. The van der Waals surface area contributed by atoms with Crippen molar-refractivity contribution < 1.29 is 9.90 Å². The average molecular weight is 425 g/mol. The van der Waals surface area contributed by atoms with Gasteiger partial charge < -0.3 is 10.1 Å². The first-order valence-electron chi connectivity index (χ1n) is 10.3. The Hall–Kier alpha value is -4.12. The van der Waals surface area contributed by atoms with Crippen LogP contribution in [-0.2, 0) is 0 Å². The maximum atomic E-state index is 12.7. The minimum absolute atomic E-state index is 0.142. The van der Waals surface area contributed by atoms with Gasteiger partial charge >= 0.3 is 5.69 Å². The van der Waals surface area contributed by atoms with Gasteiger partial charge in [0.2, 0.25) is 0 Å². The van der Waals surface area contributed by atoms with Crippen LogP contribution >= 0.6 is 0 Å². The van der Waals surface area contributed by atoms with Gasteiger partial charge in [-0.2, -0.15) is 0 Å². The van der Waals surface area contributed by atoms with Crippen molar-refractivity contribution in [2.75, 3.05) is 0 Å². The molecule has 1 heterocycles. The lowest BCUT2D eigenvalue weighted by Gasteiger charge is -2.07. The van der Waals surface area contributed by atoms with Crippen molar-refractivity contribution in [2.45, 2.75) is 20.8 Å². The van der Waals surface area contributed by atoms with Crippen LogP contribution in [0.15, 0.2) is 77.7 Å². The van der Waals surface area contributed by atoms with E-state index in [4.69, 9.17) is 0 Å². The second-order valence-corrected chi connectivity index (χ2v) is 7.92. The lowest BCUT2D eigenvalue weighted by Crippen LogP contribution is -2.14. The number of H-pyrrole nitrogens is 1. The minimum Gasteiger partial charge on any atom is -0.508 e. The number of hydrogen-bond acceptors (Lipinski definition) is 3. The number of nitrogens with zero attached hydrogens (tertiary/aromatic N) is 1. The summed E-state index contributed by atoms with van der Waals surface area (Å²) in [7, 11) is 0. The molecule has 0 aliphatic carbocycles. The molecular formula is C27H24N2O3. The van der Waals surface area contributed by atoms with E-state index in [1.807, 2.05) is 0 Å². The summed E-state index contributed by atoms with van der Waals surface area (Å²) in [5.74, 6) is -0.0491. The number of hydrogen-bond donors (Lipinski definition) is 2. The number of allylic oxidation sites excluding steroid dienone is 1. The van der Waals surface area contributed by atoms with Crippen LogP contribution in [0.25, 0.3) is 23.0 Å². The maximum Gasteiger partial charge on any atom is 0.330 e. The Kier molecular flexibility index (Phi) is 5.65. The van der Waals surface area contributed by atoms with Crippen LogP contribution in [0.3, 0.4) is 0 Å². The van der Waals surface area contributed by atoms with Crippen LogP contribution in [0.4, 0.5) is 0 Å². The molecule has 5 nitrogen and oxygen atoms in total. The summed E-state index contributed by atoms with van der Waals surface area (Å²) in [5.41, 5.74) is 6.77. The number of imidazole rings is 1. The Balaban J connectivity index is 1.64. The SMILES string of the molecule is Cc1cc(-c2cn(-c3cccc(C(=O)C=Cc4cccc(O)c4)c3)c(=O)[nH]2)cc(C)c1C. The highest BCUT2D eigenvalue weighted by atomic mass is 16.3. The van der Waals surface area contributed by atoms with E-state index >= 15 is 0 Å². The van der Waals surface area contributed by atoms with Gasteiger partial charge in [-0.25, -0.2) is 4.79 Å². The molecule has 0 aliphatic rings. The lowest BCUT2D eigenvalue weighted by molar-refractivity contribution is 0.104. The van der Waals surface area contributed by atoms with Crippen molar-refractivity contribution in [3.8, 4) is 22.7 Å². The number of carbonyl (C=O) groups excluding carboxylic acids is 1. The Morgan fingerprint density at radius 1 is 0.969 bits per heavy atom. The normalized spacial score (nSPS) is 11.2. The molecule has 0 spiro atoms. The monoisotopic (exact) mass is 424 g/mol.